The van der Waals surface area contributed by atoms with E-state index in [1.165, 1.54) is 24.5 Å². The molecule has 2 amide bonds. The van der Waals surface area contributed by atoms with Crippen LogP contribution in [-0.4, -0.2) is 23.8 Å². The monoisotopic (exact) mass is 348 g/mol. The highest BCUT2D eigenvalue weighted by Crippen LogP contribution is 2.30. The Morgan fingerprint density at radius 1 is 1.36 bits per heavy atom. The Bertz CT molecular complexity index is 699. The number of hydrogen-bond donors (Lipinski definition) is 3. The van der Waals surface area contributed by atoms with Gasteiger partial charge in [-0.15, -0.1) is 0 Å². The highest BCUT2D eigenvalue weighted by atomic mass is 19.1. The van der Waals surface area contributed by atoms with E-state index < -0.39 is 18.0 Å². The lowest BCUT2D eigenvalue weighted by Crippen LogP contribution is -2.32. The van der Waals surface area contributed by atoms with Gasteiger partial charge in [-0.2, -0.15) is 0 Å². The summed E-state index contributed by atoms with van der Waals surface area (Å²) in [6.07, 6.45) is 4.59. The van der Waals surface area contributed by atoms with Gasteiger partial charge in [-0.05, 0) is 49.9 Å². The van der Waals surface area contributed by atoms with E-state index >= 15 is 0 Å². The summed E-state index contributed by atoms with van der Waals surface area (Å²) in [5.41, 5.74) is 0.387. The third kappa shape index (κ3) is 4.73. The van der Waals surface area contributed by atoms with Crippen molar-refractivity contribution in [3.8, 4) is 5.75 Å². The summed E-state index contributed by atoms with van der Waals surface area (Å²) in [4.78, 5) is 12.0. The van der Waals surface area contributed by atoms with Crippen LogP contribution in [0, 0.1) is 5.82 Å². The van der Waals surface area contributed by atoms with Crippen molar-refractivity contribution in [2.75, 3.05) is 11.9 Å². The zero-order valence-electron chi connectivity index (χ0n) is 13.7. The van der Waals surface area contributed by atoms with E-state index in [0.29, 0.717) is 17.2 Å². The number of nitrogens with one attached hydrogen (secondary N) is 2. The number of hydrogen-bond acceptors (Lipinski definition) is 4. The van der Waals surface area contributed by atoms with Gasteiger partial charge in [0.2, 0.25) is 0 Å². The molecule has 3 N–H and O–H groups in total. The van der Waals surface area contributed by atoms with Crippen molar-refractivity contribution in [2.45, 2.75) is 37.9 Å². The quantitative estimate of drug-likeness (QED) is 0.745. The van der Waals surface area contributed by atoms with E-state index in [9.17, 15) is 14.3 Å². The molecule has 2 aromatic rings. The summed E-state index contributed by atoms with van der Waals surface area (Å²) in [5.74, 6) is 0.258. The Labute approximate surface area is 145 Å². The van der Waals surface area contributed by atoms with Crippen LogP contribution in [0.5, 0.6) is 5.75 Å². The molecule has 1 atom stereocenters. The first-order valence-corrected chi connectivity index (χ1v) is 8.34. The summed E-state index contributed by atoms with van der Waals surface area (Å²) in [7, 11) is 0. The number of aliphatic hydroxyl groups excluding tert-OH is 1. The van der Waals surface area contributed by atoms with Crippen LogP contribution in [0.2, 0.25) is 0 Å². The first-order valence-electron chi connectivity index (χ1n) is 8.34. The molecule has 1 unspecified atom stereocenters. The average molecular weight is 348 g/mol. The second kappa shape index (κ2) is 8.02. The lowest BCUT2D eigenvalue weighted by atomic mass is 10.2. The normalized spacial score (nSPS) is 15.8. The van der Waals surface area contributed by atoms with Crippen molar-refractivity contribution >= 4 is 11.7 Å². The molecule has 25 heavy (non-hydrogen) atoms. The lowest BCUT2D eigenvalue weighted by molar-refractivity contribution is 0.149. The van der Waals surface area contributed by atoms with Crippen LogP contribution in [0.25, 0.3) is 0 Å². The van der Waals surface area contributed by atoms with Crippen molar-refractivity contribution in [3.63, 3.8) is 0 Å². The van der Waals surface area contributed by atoms with Crippen LogP contribution in [0.3, 0.4) is 0 Å². The van der Waals surface area contributed by atoms with Crippen LogP contribution in [0.15, 0.2) is 41.0 Å². The zero-order valence-corrected chi connectivity index (χ0v) is 13.7. The first kappa shape index (κ1) is 17.3. The highest BCUT2D eigenvalue weighted by molar-refractivity contribution is 5.90. The van der Waals surface area contributed by atoms with Gasteiger partial charge in [0.05, 0.1) is 24.6 Å². The van der Waals surface area contributed by atoms with Crippen molar-refractivity contribution in [3.05, 3.63) is 48.2 Å². The van der Waals surface area contributed by atoms with Gasteiger partial charge >= 0.3 is 6.03 Å². The van der Waals surface area contributed by atoms with Crippen molar-refractivity contribution in [1.82, 2.24) is 5.32 Å². The molecule has 0 aliphatic heterocycles. The van der Waals surface area contributed by atoms with Gasteiger partial charge in [-0.1, -0.05) is 0 Å². The fourth-order valence-electron chi connectivity index (χ4n) is 2.82. The van der Waals surface area contributed by atoms with Gasteiger partial charge in [0.25, 0.3) is 0 Å². The maximum absolute atomic E-state index is 13.5. The molecule has 0 radical (unpaired) electrons. The number of anilines is 1. The minimum absolute atomic E-state index is 0.0145. The third-order valence-corrected chi connectivity index (χ3v) is 4.12. The number of rotatable bonds is 6. The van der Waals surface area contributed by atoms with Crippen LogP contribution >= 0.6 is 0 Å². The van der Waals surface area contributed by atoms with E-state index in [0.717, 1.165) is 25.7 Å². The van der Waals surface area contributed by atoms with Crippen molar-refractivity contribution in [2.24, 2.45) is 0 Å². The second-order valence-corrected chi connectivity index (χ2v) is 6.03. The van der Waals surface area contributed by atoms with E-state index in [-0.39, 0.29) is 12.6 Å². The summed E-state index contributed by atoms with van der Waals surface area (Å²) in [6.45, 7) is -0.0145. The molecule has 134 valence electrons. The summed E-state index contributed by atoms with van der Waals surface area (Å²) in [6, 6.07) is 6.75. The predicted octanol–water partition coefficient (Wildman–Crippen LogP) is 3.60. The Hall–Kier alpha value is -2.54. The molecule has 0 saturated heterocycles. The number of benzene rings is 1. The Kier molecular flexibility index (Phi) is 5.55. The number of halogens is 1. The molecular weight excluding hydrogens is 327 g/mol. The molecule has 0 spiro atoms. The number of furan rings is 1. The Balaban J connectivity index is 1.58. The smallest absolute Gasteiger partial charge is 0.319 e. The maximum Gasteiger partial charge on any atom is 0.319 e. The highest BCUT2D eigenvalue weighted by Gasteiger charge is 2.19. The lowest BCUT2D eigenvalue weighted by Gasteiger charge is -2.17. The SMILES string of the molecule is O=C(NCC(O)c1ccco1)Nc1ccc(F)cc1OC1CCCC1. The molecule has 1 fully saturated rings. The second-order valence-electron chi connectivity index (χ2n) is 6.03. The van der Waals surface area contributed by atoms with Crippen LogP contribution < -0.4 is 15.4 Å². The van der Waals surface area contributed by atoms with Gasteiger partial charge in [0.15, 0.2) is 0 Å². The third-order valence-electron chi connectivity index (χ3n) is 4.12. The number of urea groups is 1. The number of ether oxygens (including phenoxy) is 1. The van der Waals surface area contributed by atoms with Crippen LogP contribution in [-0.2, 0) is 0 Å². The summed E-state index contributed by atoms with van der Waals surface area (Å²) in [5, 5.41) is 15.1. The topological polar surface area (TPSA) is 83.7 Å². The number of carbonyl (C=O) groups is 1. The summed E-state index contributed by atoms with van der Waals surface area (Å²) < 4.78 is 24.4. The Morgan fingerprint density at radius 3 is 2.88 bits per heavy atom. The first-order chi connectivity index (χ1) is 12.1. The standard InChI is InChI=1S/C18H21FN2O4/c19-12-7-8-14(17(10-12)25-13-4-1-2-5-13)21-18(23)20-11-15(22)16-6-3-9-24-16/h3,6-10,13,15,22H,1-2,4-5,11H2,(H2,20,21,23). The van der Waals surface area contributed by atoms with E-state index in [1.807, 2.05) is 0 Å². The van der Waals surface area contributed by atoms with Gasteiger partial charge in [-0.3, -0.25) is 0 Å². The molecular formula is C18H21FN2O4. The van der Waals surface area contributed by atoms with E-state index in [4.69, 9.17) is 9.15 Å². The molecule has 1 saturated carbocycles. The van der Waals surface area contributed by atoms with Crippen molar-refractivity contribution in [1.29, 1.82) is 0 Å². The van der Waals surface area contributed by atoms with E-state index in [1.54, 1.807) is 12.1 Å². The zero-order chi connectivity index (χ0) is 17.6. The molecule has 1 aromatic carbocycles. The number of aliphatic hydroxyl groups is 1. The fraction of sp³-hybridized carbons (Fsp3) is 0.389. The van der Waals surface area contributed by atoms with Gasteiger partial charge in [-0.25, -0.2) is 9.18 Å². The minimum Gasteiger partial charge on any atom is -0.488 e. The predicted molar refractivity (Wildman–Crippen MR) is 90.0 cm³/mol. The van der Waals surface area contributed by atoms with Crippen molar-refractivity contribution < 1.29 is 23.4 Å². The fourth-order valence-corrected chi connectivity index (χ4v) is 2.82. The molecule has 0 bridgehead atoms. The summed E-state index contributed by atoms with van der Waals surface area (Å²) >= 11 is 0. The van der Waals surface area contributed by atoms with Crippen LogP contribution in [0.1, 0.15) is 37.5 Å². The van der Waals surface area contributed by atoms with E-state index in [2.05, 4.69) is 10.6 Å². The minimum atomic E-state index is -0.942. The molecule has 6 nitrogen and oxygen atoms in total. The number of amides is 2. The molecule has 1 heterocycles. The largest absolute Gasteiger partial charge is 0.488 e. The Morgan fingerprint density at radius 2 is 2.16 bits per heavy atom. The van der Waals surface area contributed by atoms with Gasteiger partial charge < -0.3 is 24.9 Å². The average Bonchev–Trinajstić information content (AvgIpc) is 3.28. The number of carbonyl (C=O) groups excluding carboxylic acids is 1. The molecule has 1 aliphatic carbocycles. The molecule has 7 heteroatoms. The van der Waals surface area contributed by atoms with Gasteiger partial charge in [0, 0.05) is 6.07 Å². The van der Waals surface area contributed by atoms with Crippen LogP contribution in [0.4, 0.5) is 14.9 Å². The molecule has 1 aromatic heterocycles. The molecule has 1 aliphatic rings. The molecule has 3 rings (SSSR count). The van der Waals surface area contributed by atoms with Gasteiger partial charge in [0.1, 0.15) is 23.4 Å². The maximum atomic E-state index is 13.5.